The van der Waals surface area contributed by atoms with E-state index in [0.29, 0.717) is 4.34 Å². The molecule has 0 aliphatic heterocycles. The second kappa shape index (κ2) is 5.88. The zero-order chi connectivity index (χ0) is 13.0. The number of halogens is 1. The third-order valence-electron chi connectivity index (χ3n) is 1.95. The number of carbonyl (C=O) groups is 2. The third kappa shape index (κ3) is 4.24. The van der Waals surface area contributed by atoms with Crippen LogP contribution in [0.25, 0.3) is 0 Å². The number of carboxylic acid groups (broad SMARTS) is 1. The summed E-state index contributed by atoms with van der Waals surface area (Å²) < 4.78 is 0.618. The number of hydrogen-bond acceptors (Lipinski definition) is 3. The second-order valence-corrected chi connectivity index (χ2v) is 5.43. The summed E-state index contributed by atoms with van der Waals surface area (Å²) in [6.45, 7) is -0.0762. The predicted molar refractivity (Wildman–Crippen MR) is 66.5 cm³/mol. The van der Waals surface area contributed by atoms with E-state index in [1.54, 1.807) is 26.2 Å². The first-order chi connectivity index (χ1) is 7.90. The van der Waals surface area contributed by atoms with Gasteiger partial charge in [0, 0.05) is 19.0 Å². The molecule has 1 heterocycles. The fraction of sp³-hybridized carbons (Fsp3) is 0.400. The Kier molecular flexibility index (Phi) is 4.77. The van der Waals surface area contributed by atoms with Crippen molar-refractivity contribution in [1.82, 2.24) is 9.80 Å². The molecule has 94 valence electrons. The van der Waals surface area contributed by atoms with Crippen LogP contribution in [0, 0.1) is 0 Å². The van der Waals surface area contributed by atoms with Gasteiger partial charge in [0.1, 0.15) is 6.54 Å². The molecule has 1 aromatic rings. The Hall–Kier alpha value is -1.27. The van der Waals surface area contributed by atoms with E-state index >= 15 is 0 Å². The molecule has 2 amide bonds. The topological polar surface area (TPSA) is 60.9 Å². The molecule has 0 atom stereocenters. The summed E-state index contributed by atoms with van der Waals surface area (Å²) in [5.41, 5.74) is 0. The first kappa shape index (κ1) is 13.8. The zero-order valence-corrected chi connectivity index (χ0v) is 11.1. The first-order valence-electron chi connectivity index (χ1n) is 4.82. The standard InChI is InChI=1S/C10H13ClN2O3S/c1-12(2)10(16)13(6-9(14)15)5-7-3-4-8(11)17-7/h3-4H,5-6H2,1-2H3,(H,14,15). The van der Waals surface area contributed by atoms with Crippen LogP contribution in [-0.4, -0.2) is 47.5 Å². The number of rotatable bonds is 4. The van der Waals surface area contributed by atoms with Gasteiger partial charge in [-0.25, -0.2) is 4.79 Å². The summed E-state index contributed by atoms with van der Waals surface area (Å²) in [5.74, 6) is -1.04. The van der Waals surface area contributed by atoms with Crippen molar-refractivity contribution in [2.45, 2.75) is 6.54 Å². The van der Waals surface area contributed by atoms with E-state index in [9.17, 15) is 9.59 Å². The number of nitrogens with zero attached hydrogens (tertiary/aromatic N) is 2. The lowest BCUT2D eigenvalue weighted by atomic mass is 10.4. The van der Waals surface area contributed by atoms with Gasteiger partial charge in [0.05, 0.1) is 10.9 Å². The SMILES string of the molecule is CN(C)C(=O)N(CC(=O)O)Cc1ccc(Cl)s1. The van der Waals surface area contributed by atoms with Gasteiger partial charge in [0.2, 0.25) is 0 Å². The molecule has 0 unspecified atom stereocenters. The fourth-order valence-corrected chi connectivity index (χ4v) is 2.37. The van der Waals surface area contributed by atoms with Crippen LogP contribution in [0.3, 0.4) is 0 Å². The van der Waals surface area contributed by atoms with Gasteiger partial charge in [-0.15, -0.1) is 11.3 Å². The Morgan fingerprint density at radius 3 is 2.47 bits per heavy atom. The van der Waals surface area contributed by atoms with Gasteiger partial charge in [-0.3, -0.25) is 4.79 Å². The highest BCUT2D eigenvalue weighted by Crippen LogP contribution is 2.22. The smallest absolute Gasteiger partial charge is 0.323 e. The van der Waals surface area contributed by atoms with Gasteiger partial charge in [0.25, 0.3) is 0 Å². The fourth-order valence-electron chi connectivity index (χ4n) is 1.26. The van der Waals surface area contributed by atoms with Gasteiger partial charge < -0.3 is 14.9 Å². The lowest BCUT2D eigenvalue weighted by molar-refractivity contribution is -0.137. The maximum absolute atomic E-state index is 11.7. The Bertz CT molecular complexity index is 419. The maximum atomic E-state index is 11.7. The molecule has 0 radical (unpaired) electrons. The molecule has 0 fully saturated rings. The first-order valence-corrected chi connectivity index (χ1v) is 6.02. The number of urea groups is 1. The van der Waals surface area contributed by atoms with E-state index < -0.39 is 5.97 Å². The van der Waals surface area contributed by atoms with Crippen LogP contribution in [0.5, 0.6) is 0 Å². The number of carboxylic acids is 1. The molecule has 0 spiro atoms. The van der Waals surface area contributed by atoms with Gasteiger partial charge in [0.15, 0.2) is 0 Å². The number of aliphatic carboxylic acids is 1. The van der Waals surface area contributed by atoms with Crippen molar-refractivity contribution in [3.63, 3.8) is 0 Å². The van der Waals surface area contributed by atoms with Crippen molar-refractivity contribution in [3.8, 4) is 0 Å². The average molecular weight is 277 g/mol. The predicted octanol–water partition coefficient (Wildman–Crippen LogP) is 1.97. The lowest BCUT2D eigenvalue weighted by Gasteiger charge is -2.23. The van der Waals surface area contributed by atoms with E-state index in [2.05, 4.69) is 0 Å². The minimum atomic E-state index is -1.04. The van der Waals surface area contributed by atoms with Gasteiger partial charge >= 0.3 is 12.0 Å². The number of carbonyl (C=O) groups excluding carboxylic acids is 1. The monoisotopic (exact) mass is 276 g/mol. The Morgan fingerprint density at radius 2 is 2.06 bits per heavy atom. The molecule has 1 aromatic heterocycles. The molecular weight excluding hydrogens is 264 g/mol. The van der Waals surface area contributed by atoms with Crippen molar-refractivity contribution in [2.24, 2.45) is 0 Å². The number of hydrogen-bond donors (Lipinski definition) is 1. The van der Waals surface area contributed by atoms with E-state index in [4.69, 9.17) is 16.7 Å². The molecule has 0 saturated heterocycles. The largest absolute Gasteiger partial charge is 0.480 e. The Labute approximate surface area is 108 Å². The van der Waals surface area contributed by atoms with Crippen molar-refractivity contribution < 1.29 is 14.7 Å². The molecule has 0 aromatic carbocycles. The minimum Gasteiger partial charge on any atom is -0.480 e. The molecule has 0 saturated carbocycles. The quantitative estimate of drug-likeness (QED) is 0.915. The van der Waals surface area contributed by atoms with Gasteiger partial charge in [-0.2, -0.15) is 0 Å². The van der Waals surface area contributed by atoms with E-state index in [1.807, 2.05) is 0 Å². The van der Waals surface area contributed by atoms with Crippen molar-refractivity contribution in [3.05, 3.63) is 21.3 Å². The van der Waals surface area contributed by atoms with Crippen molar-refractivity contribution in [2.75, 3.05) is 20.6 Å². The highest BCUT2D eigenvalue weighted by molar-refractivity contribution is 7.16. The molecule has 5 nitrogen and oxygen atoms in total. The minimum absolute atomic E-state index is 0.251. The van der Waals surface area contributed by atoms with Crippen LogP contribution in [-0.2, 0) is 11.3 Å². The summed E-state index contributed by atoms with van der Waals surface area (Å²) in [4.78, 5) is 25.9. The van der Waals surface area contributed by atoms with Crippen LogP contribution in [0.4, 0.5) is 4.79 Å². The molecule has 0 aliphatic rings. The summed E-state index contributed by atoms with van der Waals surface area (Å²) in [7, 11) is 3.16. The summed E-state index contributed by atoms with van der Waals surface area (Å²) in [5, 5.41) is 8.76. The van der Waals surface area contributed by atoms with Crippen molar-refractivity contribution >= 4 is 34.9 Å². The van der Waals surface area contributed by atoms with Crippen molar-refractivity contribution in [1.29, 1.82) is 0 Å². The van der Waals surface area contributed by atoms with E-state index in [1.165, 1.54) is 21.1 Å². The highest BCUT2D eigenvalue weighted by atomic mass is 35.5. The van der Waals surface area contributed by atoms with Gasteiger partial charge in [-0.1, -0.05) is 11.6 Å². The molecule has 0 aliphatic carbocycles. The second-order valence-electron chi connectivity index (χ2n) is 3.63. The number of amides is 2. The van der Waals surface area contributed by atoms with Crippen LogP contribution in [0.1, 0.15) is 4.88 Å². The Morgan fingerprint density at radius 1 is 1.41 bits per heavy atom. The molecule has 7 heteroatoms. The van der Waals surface area contributed by atoms with Crippen LogP contribution < -0.4 is 0 Å². The molecule has 1 N–H and O–H groups in total. The summed E-state index contributed by atoms with van der Waals surface area (Å²) in [6.07, 6.45) is 0. The average Bonchev–Trinajstić information content (AvgIpc) is 2.61. The zero-order valence-electron chi connectivity index (χ0n) is 9.51. The molecular formula is C10H13ClN2O3S. The van der Waals surface area contributed by atoms with Crippen LogP contribution in [0.15, 0.2) is 12.1 Å². The molecule has 1 rings (SSSR count). The lowest BCUT2D eigenvalue weighted by Crippen LogP contribution is -2.41. The molecule has 17 heavy (non-hydrogen) atoms. The maximum Gasteiger partial charge on any atom is 0.323 e. The van der Waals surface area contributed by atoms with Crippen LogP contribution in [0.2, 0.25) is 4.34 Å². The van der Waals surface area contributed by atoms with Crippen LogP contribution >= 0.6 is 22.9 Å². The highest BCUT2D eigenvalue weighted by Gasteiger charge is 2.19. The van der Waals surface area contributed by atoms with Gasteiger partial charge in [-0.05, 0) is 12.1 Å². The molecule has 0 bridgehead atoms. The van der Waals surface area contributed by atoms with E-state index in [-0.39, 0.29) is 19.1 Å². The third-order valence-corrected chi connectivity index (χ3v) is 3.17. The Balaban J connectivity index is 2.76. The van der Waals surface area contributed by atoms with E-state index in [0.717, 1.165) is 4.88 Å². The number of thiophene rings is 1. The summed E-state index contributed by atoms with van der Waals surface area (Å²) >= 11 is 7.11. The normalized spacial score (nSPS) is 10.1. The summed E-state index contributed by atoms with van der Waals surface area (Å²) in [6, 6.07) is 3.17.